The van der Waals surface area contributed by atoms with E-state index in [4.69, 9.17) is 4.74 Å². The molecule has 8 heteroatoms. The van der Waals surface area contributed by atoms with E-state index in [1.807, 2.05) is 19.1 Å². The number of aryl methyl sites for hydroxylation is 1. The molecule has 0 aromatic heterocycles. The smallest absolute Gasteiger partial charge is 0.416 e. The predicted octanol–water partition coefficient (Wildman–Crippen LogP) is 4.30. The molecule has 0 radical (unpaired) electrons. The molecule has 0 aliphatic carbocycles. The Morgan fingerprint density at radius 3 is 2.08 bits per heavy atom. The quantitative estimate of drug-likeness (QED) is 0.794. The van der Waals surface area contributed by atoms with Gasteiger partial charge in [-0.05, 0) is 19.1 Å². The monoisotopic (exact) mass is 383 g/mol. The molecule has 2 aromatic carbocycles. The van der Waals surface area contributed by atoms with E-state index < -0.39 is 28.0 Å². The van der Waals surface area contributed by atoms with E-state index in [9.17, 15) is 21.6 Å². The van der Waals surface area contributed by atoms with Crippen molar-refractivity contribution in [2.24, 2.45) is 0 Å². The zero-order valence-electron chi connectivity index (χ0n) is 14.0. The minimum atomic E-state index is -4.46. The van der Waals surface area contributed by atoms with E-state index in [0.717, 1.165) is 28.3 Å². The molecule has 1 atom stereocenters. The summed E-state index contributed by atoms with van der Waals surface area (Å²) in [5.41, 5.74) is 1.21. The first kappa shape index (κ1) is 18.3. The van der Waals surface area contributed by atoms with Crippen LogP contribution in [0.3, 0.4) is 0 Å². The molecule has 0 amide bonds. The highest BCUT2D eigenvalue weighted by atomic mass is 32.2. The van der Waals surface area contributed by atoms with Gasteiger partial charge in [0.25, 0.3) is 0 Å². The number of rotatable bonds is 3. The number of ether oxygens (including phenoxy) is 1. The van der Waals surface area contributed by atoms with Gasteiger partial charge in [-0.15, -0.1) is 0 Å². The summed E-state index contributed by atoms with van der Waals surface area (Å²) in [6, 6.07) is 11.5. The van der Waals surface area contributed by atoms with E-state index in [0.29, 0.717) is 16.9 Å². The van der Waals surface area contributed by atoms with Crippen molar-refractivity contribution in [1.29, 1.82) is 0 Å². The van der Waals surface area contributed by atoms with Crippen LogP contribution in [0, 0.1) is 6.92 Å². The average Bonchev–Trinajstić information content (AvgIpc) is 3.00. The van der Waals surface area contributed by atoms with Gasteiger partial charge in [-0.3, -0.25) is 0 Å². The fourth-order valence-corrected chi connectivity index (χ4v) is 3.37. The molecule has 2 aromatic rings. The molecule has 0 N–H and O–H groups in total. The fourth-order valence-electron chi connectivity index (χ4n) is 2.57. The fraction of sp³-hybridized carbons (Fsp3) is 0.222. The second-order valence-corrected chi connectivity index (χ2v) is 7.93. The zero-order chi connectivity index (χ0) is 19.1. The van der Waals surface area contributed by atoms with E-state index >= 15 is 0 Å². The summed E-state index contributed by atoms with van der Waals surface area (Å²) in [6.45, 7) is 1.92. The van der Waals surface area contributed by atoms with Crippen LogP contribution in [0.1, 0.15) is 28.5 Å². The van der Waals surface area contributed by atoms with Gasteiger partial charge in [0.05, 0.1) is 18.0 Å². The van der Waals surface area contributed by atoms with Gasteiger partial charge in [-0.1, -0.05) is 42.0 Å². The summed E-state index contributed by atoms with van der Waals surface area (Å²) >= 11 is 0. The third-order valence-electron chi connectivity index (χ3n) is 3.96. The highest BCUT2D eigenvalue weighted by molar-refractivity contribution is 7.88. The maximum absolute atomic E-state index is 12.7. The Bertz CT molecular complexity index is 933. The van der Waals surface area contributed by atoms with Crippen molar-refractivity contribution in [3.8, 4) is 0 Å². The van der Waals surface area contributed by atoms with Crippen molar-refractivity contribution >= 4 is 15.8 Å². The van der Waals surface area contributed by atoms with Crippen LogP contribution in [0.2, 0.25) is 0 Å². The van der Waals surface area contributed by atoms with Gasteiger partial charge < -0.3 is 4.74 Å². The number of nitrogens with zero attached hydrogens (tertiary/aromatic N) is 1. The SMILES string of the molecule is Cc1ccc(C2=CN(S(C)(=O)=O)[C@@H](c3ccc(C(F)(F)F)cc3)O2)cc1. The standard InChI is InChI=1S/C18H16F3NO3S/c1-12-3-5-13(6-4-12)16-11-22(26(2,23)24)17(25-16)14-7-9-15(10-8-14)18(19,20)21/h3-11,17H,1-2H3/t17-/m1/s1. The summed E-state index contributed by atoms with van der Waals surface area (Å²) in [5.74, 6) is 0.334. The van der Waals surface area contributed by atoms with Gasteiger partial charge in [0, 0.05) is 11.1 Å². The summed E-state index contributed by atoms with van der Waals surface area (Å²) in [7, 11) is -3.68. The lowest BCUT2D eigenvalue weighted by Gasteiger charge is -2.23. The van der Waals surface area contributed by atoms with Crippen molar-refractivity contribution in [2.75, 3.05) is 6.26 Å². The van der Waals surface area contributed by atoms with Crippen molar-refractivity contribution in [1.82, 2.24) is 4.31 Å². The second kappa shape index (κ2) is 6.35. The number of alkyl halides is 3. The first-order valence-corrected chi connectivity index (χ1v) is 9.52. The Balaban J connectivity index is 1.95. The van der Waals surface area contributed by atoms with Crippen molar-refractivity contribution in [2.45, 2.75) is 19.3 Å². The van der Waals surface area contributed by atoms with Crippen LogP contribution < -0.4 is 0 Å². The molecule has 0 bridgehead atoms. The lowest BCUT2D eigenvalue weighted by atomic mass is 10.1. The number of halogens is 3. The van der Waals surface area contributed by atoms with Gasteiger partial charge in [-0.2, -0.15) is 13.2 Å². The van der Waals surface area contributed by atoms with Crippen LogP contribution in [0.5, 0.6) is 0 Å². The maximum Gasteiger partial charge on any atom is 0.416 e. The van der Waals surface area contributed by atoms with Crippen LogP contribution in [0.25, 0.3) is 5.76 Å². The minimum absolute atomic E-state index is 0.307. The molecule has 26 heavy (non-hydrogen) atoms. The molecule has 0 saturated carbocycles. The molecule has 0 saturated heterocycles. The lowest BCUT2D eigenvalue weighted by molar-refractivity contribution is -0.137. The van der Waals surface area contributed by atoms with Gasteiger partial charge >= 0.3 is 6.18 Å². The number of hydrogen-bond acceptors (Lipinski definition) is 3. The maximum atomic E-state index is 12.7. The second-order valence-electron chi connectivity index (χ2n) is 6.04. The summed E-state index contributed by atoms with van der Waals surface area (Å²) < 4.78 is 69.2. The summed E-state index contributed by atoms with van der Waals surface area (Å²) in [4.78, 5) is 0. The Labute approximate surface area is 149 Å². The number of hydrogen-bond donors (Lipinski definition) is 0. The van der Waals surface area contributed by atoms with Crippen LogP contribution in [-0.2, 0) is 20.9 Å². The Kier molecular flexibility index (Phi) is 4.47. The number of benzene rings is 2. The average molecular weight is 383 g/mol. The molecule has 0 spiro atoms. The van der Waals surface area contributed by atoms with Gasteiger partial charge in [0.15, 0.2) is 0 Å². The molecule has 0 fully saturated rings. The molecule has 3 rings (SSSR count). The van der Waals surface area contributed by atoms with Crippen molar-refractivity contribution in [3.63, 3.8) is 0 Å². The molecule has 1 aliphatic rings. The van der Waals surface area contributed by atoms with Gasteiger partial charge in [0.2, 0.25) is 16.3 Å². The van der Waals surface area contributed by atoms with Crippen LogP contribution in [-0.4, -0.2) is 19.0 Å². The Hall–Kier alpha value is -2.48. The molecule has 0 unspecified atom stereocenters. The third-order valence-corrected chi connectivity index (χ3v) is 5.02. The zero-order valence-corrected chi connectivity index (χ0v) is 14.8. The highest BCUT2D eigenvalue weighted by Crippen LogP contribution is 2.39. The lowest BCUT2D eigenvalue weighted by Crippen LogP contribution is -2.26. The topological polar surface area (TPSA) is 46.6 Å². The first-order valence-electron chi connectivity index (χ1n) is 7.67. The van der Waals surface area contributed by atoms with E-state index in [1.165, 1.54) is 18.3 Å². The Morgan fingerprint density at radius 1 is 1.00 bits per heavy atom. The largest absolute Gasteiger partial charge is 0.463 e. The molecule has 1 heterocycles. The van der Waals surface area contributed by atoms with Crippen LogP contribution in [0.4, 0.5) is 13.2 Å². The Morgan fingerprint density at radius 2 is 1.58 bits per heavy atom. The molecule has 1 aliphatic heterocycles. The van der Waals surface area contributed by atoms with E-state index in [1.54, 1.807) is 12.1 Å². The first-order chi connectivity index (χ1) is 12.1. The van der Waals surface area contributed by atoms with Crippen molar-refractivity contribution < 1.29 is 26.3 Å². The van der Waals surface area contributed by atoms with E-state index in [2.05, 4.69) is 0 Å². The van der Waals surface area contributed by atoms with Crippen molar-refractivity contribution in [3.05, 3.63) is 77.0 Å². The molecular weight excluding hydrogens is 367 g/mol. The van der Waals surface area contributed by atoms with E-state index in [-0.39, 0.29) is 0 Å². The highest BCUT2D eigenvalue weighted by Gasteiger charge is 2.35. The molecular formula is C18H16F3NO3S. The predicted molar refractivity (Wildman–Crippen MR) is 91.1 cm³/mol. The van der Waals surface area contributed by atoms with Gasteiger partial charge in [-0.25, -0.2) is 12.7 Å². The van der Waals surface area contributed by atoms with Crippen LogP contribution in [0.15, 0.2) is 54.7 Å². The van der Waals surface area contributed by atoms with Gasteiger partial charge in [0.1, 0.15) is 5.76 Å². The van der Waals surface area contributed by atoms with Crippen LogP contribution >= 0.6 is 0 Å². The third kappa shape index (κ3) is 3.70. The molecule has 4 nitrogen and oxygen atoms in total. The summed E-state index contributed by atoms with van der Waals surface area (Å²) in [6.07, 6.45) is -3.15. The minimum Gasteiger partial charge on any atom is -0.463 e. The normalized spacial score (nSPS) is 17.8. The number of sulfonamides is 1. The summed E-state index contributed by atoms with van der Waals surface area (Å²) in [5, 5.41) is 0. The molecule has 138 valence electrons.